The normalized spacial score (nSPS) is 18.5. The molecular weight excluding hydrogens is 617 g/mol. The first-order valence-electron chi connectivity index (χ1n) is 15.7. The third-order valence-electron chi connectivity index (χ3n) is 11.0. The van der Waals surface area contributed by atoms with Crippen LogP contribution in [0.15, 0.2) is 90.5 Å². The summed E-state index contributed by atoms with van der Waals surface area (Å²) in [7, 11) is 0. The minimum atomic E-state index is -0.230. The van der Waals surface area contributed by atoms with Gasteiger partial charge in [0.1, 0.15) is 0 Å². The summed E-state index contributed by atoms with van der Waals surface area (Å²) < 4.78 is 2.37. The van der Waals surface area contributed by atoms with Crippen LogP contribution in [0.2, 0.25) is 0 Å². The molecule has 0 N–H and O–H groups in total. The van der Waals surface area contributed by atoms with Crippen LogP contribution >= 0.6 is 0 Å². The number of anilines is 3. The van der Waals surface area contributed by atoms with Gasteiger partial charge in [-0.2, -0.15) is 0 Å². The van der Waals surface area contributed by atoms with E-state index in [0.29, 0.717) is 11.1 Å². The van der Waals surface area contributed by atoms with E-state index in [1.54, 1.807) is 12.1 Å². The van der Waals surface area contributed by atoms with E-state index in [-0.39, 0.29) is 47.9 Å². The number of allylic oxidation sites excluding steroid dienone is 1. The molecule has 0 saturated heterocycles. The number of nitrogens with zero attached hydrogens (tertiary/aromatic N) is 1. The van der Waals surface area contributed by atoms with Gasteiger partial charge < -0.3 is 0 Å². The summed E-state index contributed by atoms with van der Waals surface area (Å²) in [5.41, 5.74) is 14.1. The Bertz CT molecular complexity index is 2200. The van der Waals surface area contributed by atoms with Crippen molar-refractivity contribution < 1.29 is 9.59 Å². The van der Waals surface area contributed by atoms with Gasteiger partial charge in [0.25, 0.3) is 0 Å². The van der Waals surface area contributed by atoms with Crippen molar-refractivity contribution in [2.24, 2.45) is 0 Å². The van der Waals surface area contributed by atoms with Crippen molar-refractivity contribution >= 4 is 48.1 Å². The summed E-state index contributed by atoms with van der Waals surface area (Å²) in [5, 5.41) is 0. The van der Waals surface area contributed by atoms with Crippen molar-refractivity contribution in [1.82, 2.24) is 0 Å². The van der Waals surface area contributed by atoms with Crippen LogP contribution < -0.4 is 4.90 Å². The molecule has 45 heavy (non-hydrogen) atoms. The monoisotopic (exact) mass is 651 g/mol. The zero-order chi connectivity index (χ0) is 31.2. The molecule has 0 radical (unpaired) electrons. The SMILES string of the molecule is CC1(C)c2ccccc2-c2cc3c(cc21)N1c2[se]c(C=C4C(=O)c5ccccc5C4=O)cc2C(C)(C)c2cccc(c21)C3(C)C. The molecule has 0 atom stereocenters. The van der Waals surface area contributed by atoms with Gasteiger partial charge in [-0.05, 0) is 0 Å². The second kappa shape index (κ2) is 8.51. The van der Waals surface area contributed by atoms with Crippen molar-refractivity contribution in [3.63, 3.8) is 0 Å². The van der Waals surface area contributed by atoms with Crippen LogP contribution in [-0.4, -0.2) is 26.1 Å². The van der Waals surface area contributed by atoms with Crippen molar-refractivity contribution in [2.75, 3.05) is 4.90 Å². The predicted molar refractivity (Wildman–Crippen MR) is 183 cm³/mol. The van der Waals surface area contributed by atoms with E-state index in [0.717, 1.165) is 4.44 Å². The van der Waals surface area contributed by atoms with Crippen molar-refractivity contribution in [1.29, 1.82) is 0 Å². The topological polar surface area (TPSA) is 37.4 Å². The summed E-state index contributed by atoms with van der Waals surface area (Å²) in [6.45, 7) is 14.1. The van der Waals surface area contributed by atoms with Gasteiger partial charge in [-0.1, -0.05) is 0 Å². The Morgan fingerprint density at radius 1 is 0.556 bits per heavy atom. The number of carbonyl (C=O) groups is 2. The number of fused-ring (bicyclic) bond motifs is 8. The molecule has 0 saturated carbocycles. The van der Waals surface area contributed by atoms with Gasteiger partial charge in [0.05, 0.1) is 0 Å². The van der Waals surface area contributed by atoms with Gasteiger partial charge in [-0.3, -0.25) is 0 Å². The predicted octanol–water partition coefficient (Wildman–Crippen LogP) is 9.26. The third kappa shape index (κ3) is 3.27. The standard InChI is InChI=1S/C41H33NO2Se/c1-39(2)28-15-10-9-12-23(28)26-20-32-34(21-31(26)39)42-35-29(40(32,3)4)16-11-17-30(35)41(5,6)33-19-22(45-38(33)42)18-27-36(43)24-13-7-8-14-25(24)37(27)44/h7-21H,1-6H3. The Morgan fingerprint density at radius 3 is 1.78 bits per heavy atom. The maximum absolute atomic E-state index is 13.4. The van der Waals surface area contributed by atoms with Gasteiger partial charge in [0.2, 0.25) is 0 Å². The molecule has 5 aromatic rings. The first kappa shape index (κ1) is 27.1. The van der Waals surface area contributed by atoms with Crippen LogP contribution in [0.3, 0.4) is 0 Å². The number of Topliss-reactive ketones (excluding diaryl/α,β-unsaturated/α-hetero) is 2. The van der Waals surface area contributed by atoms with Crippen molar-refractivity contribution in [3.8, 4) is 11.1 Å². The van der Waals surface area contributed by atoms with Crippen LogP contribution in [-0.2, 0) is 16.2 Å². The molecule has 0 amide bonds. The fraction of sp³-hybridized carbons (Fsp3) is 0.220. The number of carbonyl (C=O) groups excluding carboxylic acids is 2. The Balaban J connectivity index is 1.29. The maximum atomic E-state index is 13.4. The second-order valence-corrected chi connectivity index (χ2v) is 16.7. The minimum absolute atomic E-state index is 0.101. The van der Waals surface area contributed by atoms with E-state index in [2.05, 4.69) is 107 Å². The van der Waals surface area contributed by atoms with Crippen LogP contribution in [0.4, 0.5) is 15.9 Å². The molecule has 1 aromatic heterocycles. The molecule has 9 rings (SSSR count). The summed E-state index contributed by atoms with van der Waals surface area (Å²) in [6.07, 6.45) is 1.89. The molecule has 4 aliphatic rings. The van der Waals surface area contributed by atoms with E-state index >= 15 is 0 Å². The van der Waals surface area contributed by atoms with Crippen molar-refractivity contribution in [3.05, 3.63) is 139 Å². The molecule has 0 fully saturated rings. The fourth-order valence-corrected chi connectivity index (χ4v) is 11.2. The molecule has 4 aromatic carbocycles. The van der Waals surface area contributed by atoms with E-state index < -0.39 is 0 Å². The Kier molecular flexibility index (Phi) is 5.13. The number of hydrogen-bond donors (Lipinski definition) is 0. The van der Waals surface area contributed by atoms with E-state index in [9.17, 15) is 9.59 Å². The molecule has 0 spiro atoms. The van der Waals surface area contributed by atoms with Crippen LogP contribution in [0, 0.1) is 0 Å². The average molecular weight is 651 g/mol. The number of hydrogen-bond acceptors (Lipinski definition) is 3. The van der Waals surface area contributed by atoms with E-state index in [1.807, 2.05) is 18.2 Å². The van der Waals surface area contributed by atoms with Gasteiger partial charge >= 0.3 is 271 Å². The summed E-state index contributed by atoms with van der Waals surface area (Å²) in [6, 6.07) is 30.1. The van der Waals surface area contributed by atoms with Crippen molar-refractivity contribution in [2.45, 2.75) is 57.8 Å². The summed E-state index contributed by atoms with van der Waals surface area (Å²) in [4.78, 5) is 29.3. The molecular formula is C41H33NO2Se. The Labute approximate surface area is 270 Å². The molecule has 2 aliphatic carbocycles. The molecule has 0 unspecified atom stereocenters. The molecule has 3 nitrogen and oxygen atoms in total. The van der Waals surface area contributed by atoms with E-state index in [4.69, 9.17) is 0 Å². The Morgan fingerprint density at radius 2 is 1.11 bits per heavy atom. The number of benzene rings is 4. The third-order valence-corrected chi connectivity index (χ3v) is 13.3. The van der Waals surface area contributed by atoms with Gasteiger partial charge in [0, 0.05) is 0 Å². The molecule has 3 heterocycles. The van der Waals surface area contributed by atoms with Gasteiger partial charge in [-0.15, -0.1) is 0 Å². The second-order valence-electron chi connectivity index (χ2n) is 14.5. The molecule has 220 valence electrons. The molecule has 2 aliphatic heterocycles. The zero-order valence-electron chi connectivity index (χ0n) is 26.3. The molecule has 4 heteroatoms. The number of para-hydroxylation sites is 1. The number of ketones is 2. The van der Waals surface area contributed by atoms with Gasteiger partial charge in [-0.25, -0.2) is 0 Å². The summed E-state index contributed by atoms with van der Waals surface area (Å²) >= 11 is -0.101. The first-order chi connectivity index (χ1) is 21.4. The van der Waals surface area contributed by atoms with Crippen LogP contribution in [0.5, 0.6) is 0 Å². The van der Waals surface area contributed by atoms with Crippen LogP contribution in [0.25, 0.3) is 17.2 Å². The van der Waals surface area contributed by atoms with Gasteiger partial charge in [0.15, 0.2) is 0 Å². The Hall–Kier alpha value is -4.24. The molecule has 0 bridgehead atoms. The average Bonchev–Trinajstić information content (AvgIpc) is 3.63. The van der Waals surface area contributed by atoms with E-state index in [1.165, 1.54) is 60.4 Å². The quantitative estimate of drug-likeness (QED) is 0.103. The first-order valence-corrected chi connectivity index (χ1v) is 17.4. The van der Waals surface area contributed by atoms with Crippen LogP contribution in [0.1, 0.15) is 100 Å². The zero-order valence-corrected chi connectivity index (χ0v) is 28.0. The number of rotatable bonds is 1. The fourth-order valence-electron chi connectivity index (χ4n) is 8.47. The summed E-state index contributed by atoms with van der Waals surface area (Å²) in [5.74, 6) is -0.325.